The van der Waals surface area contributed by atoms with Crippen LogP contribution in [0, 0.1) is 5.92 Å². The Morgan fingerprint density at radius 2 is 2.11 bits per heavy atom. The van der Waals surface area contributed by atoms with E-state index < -0.39 is 5.60 Å². The summed E-state index contributed by atoms with van der Waals surface area (Å²) >= 11 is 0. The molecule has 2 unspecified atom stereocenters. The van der Waals surface area contributed by atoms with Gasteiger partial charge in [-0.1, -0.05) is 38.3 Å². The molecule has 1 aromatic rings. The summed E-state index contributed by atoms with van der Waals surface area (Å²) in [5.41, 5.74) is 0.410. The van der Waals surface area contributed by atoms with Crippen molar-refractivity contribution in [3.63, 3.8) is 0 Å². The minimum atomic E-state index is -0.643. The molecule has 2 aliphatic carbocycles. The summed E-state index contributed by atoms with van der Waals surface area (Å²) in [6, 6.07) is 8.15. The van der Waals surface area contributed by atoms with Gasteiger partial charge in [0.05, 0.1) is 11.7 Å². The number of benzene rings is 1. The highest BCUT2D eigenvalue weighted by atomic mass is 16.5. The molecule has 0 saturated heterocycles. The van der Waals surface area contributed by atoms with Crippen LogP contribution in [0.5, 0.6) is 5.75 Å². The average Bonchev–Trinajstić information content (AvgIpc) is 3.23. The summed E-state index contributed by atoms with van der Waals surface area (Å²) in [5, 5.41) is 11.1. The Labute approximate surface area is 115 Å². The van der Waals surface area contributed by atoms with E-state index in [4.69, 9.17) is 4.74 Å². The molecule has 1 aromatic carbocycles. The third kappa shape index (κ3) is 2.64. The molecule has 0 aliphatic heterocycles. The molecule has 0 amide bonds. The predicted octanol–water partition coefficient (Wildman–Crippen LogP) is 4.02. The van der Waals surface area contributed by atoms with Gasteiger partial charge in [-0.25, -0.2) is 0 Å². The van der Waals surface area contributed by atoms with Gasteiger partial charge < -0.3 is 9.84 Å². The fourth-order valence-corrected chi connectivity index (χ4v) is 3.37. The maximum Gasteiger partial charge on any atom is 0.120 e. The molecule has 0 spiro atoms. The van der Waals surface area contributed by atoms with E-state index in [2.05, 4.69) is 19.1 Å². The summed E-state index contributed by atoms with van der Waals surface area (Å²) in [6.45, 7) is 2.19. The molecule has 0 heterocycles. The molecular formula is C17H24O2. The van der Waals surface area contributed by atoms with Crippen LogP contribution < -0.4 is 4.74 Å². The lowest BCUT2D eigenvalue weighted by Gasteiger charge is -2.40. The van der Waals surface area contributed by atoms with Gasteiger partial charge >= 0.3 is 0 Å². The van der Waals surface area contributed by atoms with Crippen molar-refractivity contribution in [2.45, 2.75) is 63.6 Å². The standard InChI is InChI=1S/C17H24O2/c1-2-13-6-3-4-11-17(13,18)14-7-5-8-16(12-14)19-15-9-10-15/h5,7-8,12-13,15,18H,2-4,6,9-11H2,1H3. The SMILES string of the molecule is CCC1CCCCC1(O)c1cccc(OC2CC2)c1. The maximum atomic E-state index is 11.1. The highest BCUT2D eigenvalue weighted by molar-refractivity contribution is 5.33. The first-order valence-corrected chi connectivity index (χ1v) is 7.72. The zero-order valence-corrected chi connectivity index (χ0v) is 11.8. The quantitative estimate of drug-likeness (QED) is 0.886. The van der Waals surface area contributed by atoms with Crippen LogP contribution >= 0.6 is 0 Å². The molecular weight excluding hydrogens is 236 g/mol. The first-order chi connectivity index (χ1) is 9.22. The van der Waals surface area contributed by atoms with Crippen molar-refractivity contribution in [2.75, 3.05) is 0 Å². The summed E-state index contributed by atoms with van der Waals surface area (Å²) in [6.07, 6.45) is 8.21. The summed E-state index contributed by atoms with van der Waals surface area (Å²) in [5.74, 6) is 1.31. The molecule has 2 atom stereocenters. The van der Waals surface area contributed by atoms with E-state index >= 15 is 0 Å². The van der Waals surface area contributed by atoms with Crippen LogP contribution in [0.1, 0.15) is 57.4 Å². The smallest absolute Gasteiger partial charge is 0.120 e. The second-order valence-electron chi connectivity index (χ2n) is 6.12. The normalized spacial score (nSPS) is 31.2. The molecule has 0 bridgehead atoms. The third-order valence-electron chi connectivity index (χ3n) is 4.69. The van der Waals surface area contributed by atoms with Crippen molar-refractivity contribution in [3.8, 4) is 5.75 Å². The lowest BCUT2D eigenvalue weighted by Crippen LogP contribution is -2.37. The molecule has 19 heavy (non-hydrogen) atoms. The molecule has 0 aromatic heterocycles. The van der Waals surface area contributed by atoms with Crippen LogP contribution in [0.3, 0.4) is 0 Å². The Morgan fingerprint density at radius 3 is 2.84 bits per heavy atom. The predicted molar refractivity (Wildman–Crippen MR) is 76.2 cm³/mol. The van der Waals surface area contributed by atoms with Gasteiger partial charge in [-0.3, -0.25) is 0 Å². The lowest BCUT2D eigenvalue weighted by atomic mass is 9.70. The van der Waals surface area contributed by atoms with Gasteiger partial charge in [0, 0.05) is 0 Å². The monoisotopic (exact) mass is 260 g/mol. The van der Waals surface area contributed by atoms with Crippen molar-refractivity contribution in [1.82, 2.24) is 0 Å². The Kier molecular flexibility index (Phi) is 3.53. The number of ether oxygens (including phenoxy) is 1. The molecule has 2 heteroatoms. The van der Waals surface area contributed by atoms with Crippen LogP contribution in [0.25, 0.3) is 0 Å². The Balaban J connectivity index is 1.85. The van der Waals surface area contributed by atoms with Crippen LogP contribution in [-0.2, 0) is 5.60 Å². The number of aliphatic hydroxyl groups is 1. The molecule has 0 radical (unpaired) electrons. The fourth-order valence-electron chi connectivity index (χ4n) is 3.37. The van der Waals surface area contributed by atoms with E-state index in [9.17, 15) is 5.11 Å². The van der Waals surface area contributed by atoms with Crippen LogP contribution in [0.4, 0.5) is 0 Å². The Hall–Kier alpha value is -1.02. The van der Waals surface area contributed by atoms with Gasteiger partial charge in [0.15, 0.2) is 0 Å². The zero-order chi connectivity index (χ0) is 13.3. The Bertz CT molecular complexity index is 439. The number of hydrogen-bond donors (Lipinski definition) is 1. The second kappa shape index (κ2) is 5.16. The van der Waals surface area contributed by atoms with Crippen molar-refractivity contribution in [3.05, 3.63) is 29.8 Å². The van der Waals surface area contributed by atoms with Crippen molar-refractivity contribution >= 4 is 0 Å². The highest BCUT2D eigenvalue weighted by Gasteiger charge is 2.39. The molecule has 3 rings (SSSR count). The largest absolute Gasteiger partial charge is 0.490 e. The molecule has 104 valence electrons. The average molecular weight is 260 g/mol. The third-order valence-corrected chi connectivity index (χ3v) is 4.69. The minimum Gasteiger partial charge on any atom is -0.490 e. The van der Waals surface area contributed by atoms with E-state index in [0.717, 1.165) is 37.0 Å². The minimum absolute atomic E-state index is 0.387. The van der Waals surface area contributed by atoms with Gasteiger partial charge in [0.25, 0.3) is 0 Å². The zero-order valence-electron chi connectivity index (χ0n) is 11.8. The van der Waals surface area contributed by atoms with Crippen LogP contribution in [-0.4, -0.2) is 11.2 Å². The van der Waals surface area contributed by atoms with Gasteiger partial charge in [0.2, 0.25) is 0 Å². The molecule has 2 fully saturated rings. The van der Waals surface area contributed by atoms with E-state index in [1.54, 1.807) is 0 Å². The van der Waals surface area contributed by atoms with Crippen molar-refractivity contribution in [1.29, 1.82) is 0 Å². The van der Waals surface area contributed by atoms with E-state index in [1.165, 1.54) is 19.3 Å². The Morgan fingerprint density at radius 1 is 1.26 bits per heavy atom. The fraction of sp³-hybridized carbons (Fsp3) is 0.647. The summed E-state index contributed by atoms with van der Waals surface area (Å²) in [4.78, 5) is 0. The molecule has 1 N–H and O–H groups in total. The van der Waals surface area contributed by atoms with Gasteiger partial charge in [-0.2, -0.15) is 0 Å². The first kappa shape index (κ1) is 13.0. The highest BCUT2D eigenvalue weighted by Crippen LogP contribution is 2.44. The molecule has 2 aliphatic rings. The number of hydrogen-bond acceptors (Lipinski definition) is 2. The topological polar surface area (TPSA) is 29.5 Å². The number of rotatable bonds is 4. The van der Waals surface area contributed by atoms with Crippen LogP contribution in [0.2, 0.25) is 0 Å². The lowest BCUT2D eigenvalue weighted by molar-refractivity contribution is -0.0559. The van der Waals surface area contributed by atoms with Crippen molar-refractivity contribution in [2.24, 2.45) is 5.92 Å². The molecule has 2 saturated carbocycles. The van der Waals surface area contributed by atoms with Gasteiger partial charge in [-0.05, 0) is 49.3 Å². The summed E-state index contributed by atoms with van der Waals surface area (Å²) in [7, 11) is 0. The van der Waals surface area contributed by atoms with Crippen molar-refractivity contribution < 1.29 is 9.84 Å². The maximum absolute atomic E-state index is 11.1. The first-order valence-electron chi connectivity index (χ1n) is 7.72. The van der Waals surface area contributed by atoms with Crippen LogP contribution in [0.15, 0.2) is 24.3 Å². The van der Waals surface area contributed by atoms with Gasteiger partial charge in [-0.15, -0.1) is 0 Å². The summed E-state index contributed by atoms with van der Waals surface area (Å²) < 4.78 is 5.86. The molecule has 2 nitrogen and oxygen atoms in total. The van der Waals surface area contributed by atoms with E-state index in [1.807, 2.05) is 12.1 Å². The van der Waals surface area contributed by atoms with E-state index in [-0.39, 0.29) is 0 Å². The second-order valence-corrected chi connectivity index (χ2v) is 6.12. The van der Waals surface area contributed by atoms with E-state index in [0.29, 0.717) is 12.0 Å². The van der Waals surface area contributed by atoms with Gasteiger partial charge in [0.1, 0.15) is 5.75 Å².